The fourth-order valence-electron chi connectivity index (χ4n) is 1.92. The topological polar surface area (TPSA) is 41.5 Å². The molecule has 0 radical (unpaired) electrons. The number of amides is 1. The lowest BCUT2D eigenvalue weighted by Gasteiger charge is -2.13. The van der Waals surface area contributed by atoms with Crippen molar-refractivity contribution in [2.75, 3.05) is 6.54 Å². The molecule has 1 aromatic rings. The zero-order valence-corrected chi connectivity index (χ0v) is 10.9. The third-order valence-electron chi connectivity index (χ3n) is 2.98. The standard InChI is InChI=1S/C14H12F4N2O/c15-12-2-1-9(8-20-13(21)14(16,17)18)7-11(12)10-3-5-19-6-4-10/h1-3,5,7H,4,6,8H2,(H,20,21). The molecule has 1 aromatic carbocycles. The molecule has 0 spiro atoms. The molecular formula is C14H12F4N2O. The summed E-state index contributed by atoms with van der Waals surface area (Å²) in [5.41, 5.74) is 1.44. The molecule has 21 heavy (non-hydrogen) atoms. The maximum absolute atomic E-state index is 13.8. The van der Waals surface area contributed by atoms with E-state index in [9.17, 15) is 22.4 Å². The number of allylic oxidation sites excluding steroid dienone is 1. The summed E-state index contributed by atoms with van der Waals surface area (Å²) >= 11 is 0. The van der Waals surface area contributed by atoms with Crippen molar-refractivity contribution in [3.05, 3.63) is 41.2 Å². The van der Waals surface area contributed by atoms with Gasteiger partial charge in [-0.2, -0.15) is 13.2 Å². The van der Waals surface area contributed by atoms with Crippen LogP contribution in [0.3, 0.4) is 0 Å². The molecule has 1 aliphatic heterocycles. The first-order valence-corrected chi connectivity index (χ1v) is 6.21. The van der Waals surface area contributed by atoms with Crippen LogP contribution in [0.4, 0.5) is 17.6 Å². The van der Waals surface area contributed by atoms with Crippen molar-refractivity contribution in [3.8, 4) is 0 Å². The molecular weight excluding hydrogens is 288 g/mol. The quantitative estimate of drug-likeness (QED) is 0.857. The lowest BCUT2D eigenvalue weighted by Crippen LogP contribution is -2.36. The molecule has 112 valence electrons. The first kappa shape index (κ1) is 15.2. The van der Waals surface area contributed by atoms with E-state index >= 15 is 0 Å². The Morgan fingerprint density at radius 2 is 2.10 bits per heavy atom. The van der Waals surface area contributed by atoms with Gasteiger partial charge in [0.2, 0.25) is 0 Å². The minimum absolute atomic E-state index is 0.313. The van der Waals surface area contributed by atoms with E-state index in [0.29, 0.717) is 24.1 Å². The number of carbonyl (C=O) groups is 1. The van der Waals surface area contributed by atoms with Gasteiger partial charge in [0.25, 0.3) is 0 Å². The van der Waals surface area contributed by atoms with Gasteiger partial charge in [0.15, 0.2) is 0 Å². The monoisotopic (exact) mass is 300 g/mol. The number of nitrogens with one attached hydrogen (secondary N) is 1. The smallest absolute Gasteiger partial charge is 0.344 e. The Morgan fingerprint density at radius 1 is 1.33 bits per heavy atom. The molecule has 3 nitrogen and oxygen atoms in total. The third kappa shape index (κ3) is 3.90. The van der Waals surface area contributed by atoms with Crippen molar-refractivity contribution in [3.63, 3.8) is 0 Å². The number of hydrogen-bond acceptors (Lipinski definition) is 2. The van der Waals surface area contributed by atoms with Crippen LogP contribution >= 0.6 is 0 Å². The van der Waals surface area contributed by atoms with Gasteiger partial charge in [-0.15, -0.1) is 0 Å². The Hall–Kier alpha value is -2.18. The molecule has 0 atom stereocenters. The first-order chi connectivity index (χ1) is 9.88. The molecule has 7 heteroatoms. The zero-order chi connectivity index (χ0) is 15.5. The van der Waals surface area contributed by atoms with Crippen LogP contribution in [-0.2, 0) is 11.3 Å². The van der Waals surface area contributed by atoms with Crippen LogP contribution in [0.15, 0.2) is 29.3 Å². The lowest BCUT2D eigenvalue weighted by molar-refractivity contribution is -0.173. The van der Waals surface area contributed by atoms with E-state index in [1.54, 1.807) is 17.6 Å². The highest BCUT2D eigenvalue weighted by molar-refractivity contribution is 5.86. The van der Waals surface area contributed by atoms with Gasteiger partial charge in [0.1, 0.15) is 5.82 Å². The molecule has 1 aliphatic rings. The van der Waals surface area contributed by atoms with Gasteiger partial charge in [-0.05, 0) is 35.8 Å². The third-order valence-corrected chi connectivity index (χ3v) is 2.98. The van der Waals surface area contributed by atoms with Crippen molar-refractivity contribution < 1.29 is 22.4 Å². The van der Waals surface area contributed by atoms with Crippen molar-refractivity contribution in [1.29, 1.82) is 0 Å². The van der Waals surface area contributed by atoms with E-state index in [-0.39, 0.29) is 6.54 Å². The zero-order valence-electron chi connectivity index (χ0n) is 10.9. The fraction of sp³-hybridized carbons (Fsp3) is 0.286. The molecule has 0 aliphatic carbocycles. The Balaban J connectivity index is 2.14. The summed E-state index contributed by atoms with van der Waals surface area (Å²) in [5.74, 6) is -2.47. The second-order valence-electron chi connectivity index (χ2n) is 4.49. The van der Waals surface area contributed by atoms with Crippen LogP contribution < -0.4 is 5.32 Å². The number of rotatable bonds is 3. The summed E-state index contributed by atoms with van der Waals surface area (Å²) in [7, 11) is 0. The first-order valence-electron chi connectivity index (χ1n) is 6.21. The number of alkyl halides is 3. The molecule has 0 unspecified atom stereocenters. The summed E-state index contributed by atoms with van der Waals surface area (Å²) in [5, 5.41) is 1.76. The van der Waals surface area contributed by atoms with Gasteiger partial charge in [-0.25, -0.2) is 4.39 Å². The molecule has 0 saturated heterocycles. The molecule has 1 N–H and O–H groups in total. The second kappa shape index (κ2) is 6.07. The average Bonchev–Trinajstić information content (AvgIpc) is 2.46. The fourth-order valence-corrected chi connectivity index (χ4v) is 1.92. The largest absolute Gasteiger partial charge is 0.471 e. The minimum Gasteiger partial charge on any atom is -0.344 e. The lowest BCUT2D eigenvalue weighted by atomic mass is 9.98. The van der Waals surface area contributed by atoms with Crippen LogP contribution in [-0.4, -0.2) is 24.8 Å². The normalized spacial score (nSPS) is 14.8. The highest BCUT2D eigenvalue weighted by Crippen LogP contribution is 2.24. The number of benzene rings is 1. The van der Waals surface area contributed by atoms with Gasteiger partial charge < -0.3 is 5.32 Å². The maximum Gasteiger partial charge on any atom is 0.471 e. The average molecular weight is 300 g/mol. The van der Waals surface area contributed by atoms with Gasteiger partial charge in [0, 0.05) is 24.9 Å². The van der Waals surface area contributed by atoms with E-state index in [2.05, 4.69) is 4.99 Å². The Kier molecular flexibility index (Phi) is 4.40. The van der Waals surface area contributed by atoms with Crippen LogP contribution in [0.25, 0.3) is 5.57 Å². The molecule has 0 fully saturated rings. The number of hydrogen-bond donors (Lipinski definition) is 1. The second-order valence-corrected chi connectivity index (χ2v) is 4.49. The molecule has 0 saturated carbocycles. The van der Waals surface area contributed by atoms with Crippen LogP contribution in [0, 0.1) is 5.82 Å². The number of nitrogens with zero attached hydrogens (tertiary/aromatic N) is 1. The van der Waals surface area contributed by atoms with Gasteiger partial charge in [-0.3, -0.25) is 9.79 Å². The Labute approximate surface area is 118 Å². The number of halogens is 4. The predicted octanol–water partition coefficient (Wildman–Crippen LogP) is 2.86. The minimum atomic E-state index is -4.93. The highest BCUT2D eigenvalue weighted by Gasteiger charge is 2.38. The van der Waals surface area contributed by atoms with Crippen molar-refractivity contribution >= 4 is 17.7 Å². The van der Waals surface area contributed by atoms with Crippen LogP contribution in [0.5, 0.6) is 0 Å². The molecule has 0 bridgehead atoms. The number of carbonyl (C=O) groups excluding carboxylic acids is 1. The van der Waals surface area contributed by atoms with E-state index in [0.717, 1.165) is 5.57 Å². The van der Waals surface area contributed by atoms with Gasteiger partial charge in [-0.1, -0.05) is 6.07 Å². The van der Waals surface area contributed by atoms with Crippen molar-refractivity contribution in [1.82, 2.24) is 5.32 Å². The molecule has 0 aromatic heterocycles. The number of aliphatic imine (C=N–C) groups is 1. The van der Waals surface area contributed by atoms with Crippen LogP contribution in [0.2, 0.25) is 0 Å². The Morgan fingerprint density at radius 3 is 2.71 bits per heavy atom. The van der Waals surface area contributed by atoms with Gasteiger partial charge in [0.05, 0.1) is 0 Å². The number of dihydropyridines is 1. The molecule has 1 heterocycles. The van der Waals surface area contributed by atoms with E-state index in [4.69, 9.17) is 0 Å². The molecule has 1 amide bonds. The summed E-state index contributed by atoms with van der Waals surface area (Å²) in [6.45, 7) is 0.229. The van der Waals surface area contributed by atoms with E-state index in [1.165, 1.54) is 18.2 Å². The van der Waals surface area contributed by atoms with E-state index < -0.39 is 17.9 Å². The predicted molar refractivity (Wildman–Crippen MR) is 70.3 cm³/mol. The molecule has 2 rings (SSSR count). The highest BCUT2D eigenvalue weighted by atomic mass is 19.4. The summed E-state index contributed by atoms with van der Waals surface area (Å²) in [6, 6.07) is 3.96. The van der Waals surface area contributed by atoms with E-state index in [1.807, 2.05) is 0 Å². The summed E-state index contributed by atoms with van der Waals surface area (Å²) in [6.07, 6.45) is -1.13. The summed E-state index contributed by atoms with van der Waals surface area (Å²) < 4.78 is 50.1. The maximum atomic E-state index is 13.8. The van der Waals surface area contributed by atoms with Gasteiger partial charge >= 0.3 is 12.1 Å². The van der Waals surface area contributed by atoms with Crippen molar-refractivity contribution in [2.45, 2.75) is 19.1 Å². The van der Waals surface area contributed by atoms with Crippen molar-refractivity contribution in [2.24, 2.45) is 4.99 Å². The Bertz CT molecular complexity index is 605. The SMILES string of the molecule is O=C(NCc1ccc(F)c(C2=CC=NCC2)c1)C(F)(F)F. The summed E-state index contributed by atoms with van der Waals surface area (Å²) in [4.78, 5) is 14.7. The van der Waals surface area contributed by atoms with Crippen LogP contribution in [0.1, 0.15) is 17.5 Å².